The van der Waals surface area contributed by atoms with E-state index in [9.17, 15) is 57.1 Å². The number of alkyl halides is 13. The van der Waals surface area contributed by atoms with Crippen molar-refractivity contribution >= 4 is 11.8 Å². The van der Waals surface area contributed by atoms with Crippen molar-refractivity contribution in [2.24, 2.45) is 0 Å². The summed E-state index contributed by atoms with van der Waals surface area (Å²) in [6.07, 6.45) is 4.18. The molecule has 0 heterocycles. The fourth-order valence-electron chi connectivity index (χ4n) is 4.21. The van der Waals surface area contributed by atoms with Gasteiger partial charge in [0.1, 0.15) is 5.75 Å². The topological polar surface area (TPSA) is 9.23 Å². The second-order valence-electron chi connectivity index (χ2n) is 10.5. The first-order valence-corrected chi connectivity index (χ1v) is 15.0. The van der Waals surface area contributed by atoms with Crippen molar-refractivity contribution in [2.75, 3.05) is 6.61 Å². The summed E-state index contributed by atoms with van der Waals surface area (Å²) in [4.78, 5) is -0.887. The van der Waals surface area contributed by atoms with Crippen LogP contribution in [0.3, 0.4) is 0 Å². The van der Waals surface area contributed by atoms with Gasteiger partial charge >= 0.3 is 35.1 Å². The molecule has 2 rings (SSSR count). The maximum atomic E-state index is 14.2. The summed E-state index contributed by atoms with van der Waals surface area (Å²) < 4.78 is 179. The lowest BCUT2D eigenvalue weighted by Crippen LogP contribution is -2.69. The van der Waals surface area contributed by atoms with E-state index >= 15 is 0 Å². The van der Waals surface area contributed by atoms with Crippen molar-refractivity contribution in [2.45, 2.75) is 111 Å². The van der Waals surface area contributed by atoms with E-state index in [4.69, 9.17) is 4.74 Å². The molecule has 0 amide bonds. The zero-order valence-corrected chi connectivity index (χ0v) is 24.9. The van der Waals surface area contributed by atoms with Gasteiger partial charge in [-0.15, -0.1) is 0 Å². The Morgan fingerprint density at radius 2 is 0.889 bits per heavy atom. The van der Waals surface area contributed by atoms with Crippen LogP contribution in [-0.4, -0.2) is 41.7 Å². The third kappa shape index (κ3) is 9.15. The lowest BCUT2D eigenvalue weighted by molar-refractivity contribution is -0.433. The van der Waals surface area contributed by atoms with Crippen LogP contribution in [0.5, 0.6) is 5.75 Å². The Morgan fingerprint density at radius 3 is 1.33 bits per heavy atom. The molecule has 1 nitrogen and oxygen atoms in total. The Labute approximate surface area is 256 Å². The normalized spacial score (nSPS) is 13.7. The van der Waals surface area contributed by atoms with Gasteiger partial charge in [0.05, 0.1) is 6.61 Å². The van der Waals surface area contributed by atoms with Gasteiger partial charge in [0, 0.05) is 4.90 Å². The minimum absolute atomic E-state index is 0.331. The first kappa shape index (κ1) is 38.9. The highest BCUT2D eigenvalue weighted by Crippen LogP contribution is 2.62. The van der Waals surface area contributed by atoms with Crippen LogP contribution >= 0.6 is 11.8 Å². The Kier molecular flexibility index (Phi) is 13.4. The molecule has 0 aliphatic rings. The van der Waals surface area contributed by atoms with Gasteiger partial charge in [0.25, 0.3) is 0 Å². The molecule has 0 fully saturated rings. The lowest BCUT2D eigenvalue weighted by Gasteiger charge is -2.39. The third-order valence-electron chi connectivity index (χ3n) is 6.96. The third-order valence-corrected chi connectivity index (χ3v) is 7.98. The van der Waals surface area contributed by atoms with E-state index in [0.717, 1.165) is 43.5 Å². The number of thioether (sulfide) groups is 1. The van der Waals surface area contributed by atoms with Crippen molar-refractivity contribution in [3.8, 4) is 16.9 Å². The van der Waals surface area contributed by atoms with E-state index in [1.807, 2.05) is 0 Å². The number of benzene rings is 2. The summed E-state index contributed by atoms with van der Waals surface area (Å²) in [5.41, 5.74) is 0.827. The smallest absolute Gasteiger partial charge is 0.460 e. The predicted molar refractivity (Wildman–Crippen MR) is 146 cm³/mol. The lowest BCUT2D eigenvalue weighted by atomic mass is 9.98. The minimum atomic E-state index is -7.92. The Bertz CT molecular complexity index is 1160. The molecule has 0 atom stereocenters. The van der Waals surface area contributed by atoms with Crippen LogP contribution in [0.2, 0.25) is 0 Å². The largest absolute Gasteiger partial charge is 0.494 e. The summed E-state index contributed by atoms with van der Waals surface area (Å²) >= 11 is -1.40. The first-order chi connectivity index (χ1) is 20.7. The van der Waals surface area contributed by atoms with Crippen LogP contribution in [0, 0.1) is 0 Å². The molecule has 0 radical (unpaired) electrons. The Balaban J connectivity index is 1.95. The van der Waals surface area contributed by atoms with Crippen LogP contribution in [0.25, 0.3) is 11.1 Å². The fourth-order valence-corrected chi connectivity index (χ4v) is 5.03. The Hall–Kier alpha value is -2.32. The summed E-state index contributed by atoms with van der Waals surface area (Å²) in [5, 5.41) is -6.24. The molecule has 256 valence electrons. The highest BCUT2D eigenvalue weighted by Gasteiger charge is 2.90. The van der Waals surface area contributed by atoms with Crippen LogP contribution in [0.15, 0.2) is 53.4 Å². The van der Waals surface area contributed by atoms with Crippen LogP contribution < -0.4 is 4.74 Å². The number of hydrogen-bond acceptors (Lipinski definition) is 2. The maximum absolute atomic E-state index is 14.2. The quantitative estimate of drug-likeness (QED) is 0.0825. The summed E-state index contributed by atoms with van der Waals surface area (Å²) in [7, 11) is 0. The summed E-state index contributed by atoms with van der Waals surface area (Å²) in [6.45, 7) is 2.66. The van der Waals surface area contributed by atoms with Gasteiger partial charge in [-0.05, 0) is 53.6 Å². The summed E-state index contributed by atoms with van der Waals surface area (Å²) in [5.74, 6) is -30.3. The highest BCUT2D eigenvalue weighted by molar-refractivity contribution is 8.00. The second-order valence-corrected chi connectivity index (χ2v) is 11.7. The van der Waals surface area contributed by atoms with Crippen molar-refractivity contribution in [3.05, 3.63) is 48.5 Å². The SMILES string of the molecule is CCCCCCCCCCCCOc1ccc(-c2ccc(SC(F)(F)C(F)(F)C(F)(F)C(F)(F)C(F)(F)C(F)(F)F)cc2)cc1. The molecular formula is C30H33F13OS. The van der Waals surface area contributed by atoms with E-state index in [0.29, 0.717) is 23.5 Å². The number of unbranched alkanes of at least 4 members (excludes halogenated alkanes) is 9. The molecule has 2 aromatic carbocycles. The van der Waals surface area contributed by atoms with E-state index < -0.39 is 51.8 Å². The van der Waals surface area contributed by atoms with Crippen LogP contribution in [-0.2, 0) is 0 Å². The van der Waals surface area contributed by atoms with E-state index in [1.54, 1.807) is 24.3 Å². The van der Waals surface area contributed by atoms with Crippen molar-refractivity contribution < 1.29 is 61.8 Å². The van der Waals surface area contributed by atoms with Gasteiger partial charge in [-0.25, -0.2) is 0 Å². The molecule has 0 saturated carbocycles. The molecule has 15 heteroatoms. The monoisotopic (exact) mass is 688 g/mol. The molecule has 0 bridgehead atoms. The first-order valence-electron chi connectivity index (χ1n) is 14.2. The fraction of sp³-hybridized carbons (Fsp3) is 0.600. The molecule has 0 aromatic heterocycles. The molecule has 0 N–H and O–H groups in total. The molecule has 45 heavy (non-hydrogen) atoms. The van der Waals surface area contributed by atoms with E-state index in [-0.39, 0.29) is 0 Å². The second kappa shape index (κ2) is 15.5. The van der Waals surface area contributed by atoms with Gasteiger partial charge in [-0.3, -0.25) is 0 Å². The molecule has 0 aliphatic carbocycles. The molecular weight excluding hydrogens is 655 g/mol. The van der Waals surface area contributed by atoms with Crippen molar-refractivity contribution in [1.29, 1.82) is 0 Å². The van der Waals surface area contributed by atoms with E-state index in [1.165, 1.54) is 44.9 Å². The van der Waals surface area contributed by atoms with Crippen LogP contribution in [0.4, 0.5) is 57.1 Å². The van der Waals surface area contributed by atoms with Crippen LogP contribution in [0.1, 0.15) is 71.1 Å². The standard InChI is InChI=1S/C30H33F13OS/c1-2-3-4-5-6-7-8-9-10-11-20-44-23-16-12-21(13-17-23)22-14-18-24(19-15-22)45-30(42,43)28(37,38)26(33,34)25(31,32)27(35,36)29(39,40)41/h12-19H,2-11,20H2,1H3. The molecule has 0 saturated heterocycles. The number of hydrogen-bond donors (Lipinski definition) is 0. The molecule has 0 aliphatic heterocycles. The molecule has 0 spiro atoms. The zero-order valence-electron chi connectivity index (χ0n) is 24.1. The maximum Gasteiger partial charge on any atom is 0.460 e. The molecule has 0 unspecified atom stereocenters. The van der Waals surface area contributed by atoms with Crippen molar-refractivity contribution in [1.82, 2.24) is 0 Å². The number of halogens is 13. The minimum Gasteiger partial charge on any atom is -0.494 e. The Morgan fingerprint density at radius 1 is 0.489 bits per heavy atom. The van der Waals surface area contributed by atoms with Gasteiger partial charge in [0.15, 0.2) is 0 Å². The average Bonchev–Trinajstić information content (AvgIpc) is 2.95. The number of rotatable bonds is 19. The van der Waals surface area contributed by atoms with Gasteiger partial charge in [-0.1, -0.05) is 89.0 Å². The van der Waals surface area contributed by atoms with Gasteiger partial charge in [-0.2, -0.15) is 57.1 Å². The van der Waals surface area contributed by atoms with Gasteiger partial charge in [0.2, 0.25) is 0 Å². The number of ether oxygens (including phenoxy) is 1. The van der Waals surface area contributed by atoms with Crippen molar-refractivity contribution in [3.63, 3.8) is 0 Å². The zero-order chi connectivity index (χ0) is 34.2. The van der Waals surface area contributed by atoms with Gasteiger partial charge < -0.3 is 4.74 Å². The van der Waals surface area contributed by atoms with E-state index in [2.05, 4.69) is 6.92 Å². The molecule has 2 aromatic rings. The average molecular weight is 689 g/mol. The highest BCUT2D eigenvalue weighted by atomic mass is 32.2. The summed E-state index contributed by atoms with van der Waals surface area (Å²) in [6, 6.07) is 10.1. The predicted octanol–water partition coefficient (Wildman–Crippen LogP) is 12.4.